The summed E-state index contributed by atoms with van der Waals surface area (Å²) in [5.41, 5.74) is 1.22. The number of halogens is 1. The minimum atomic E-state index is 0.406. The van der Waals surface area contributed by atoms with E-state index < -0.39 is 0 Å². The Labute approximate surface area is 117 Å². The molecule has 102 valence electrons. The Bertz CT molecular complexity index is 337. The summed E-state index contributed by atoms with van der Waals surface area (Å²) in [5, 5.41) is 3.31. The van der Waals surface area contributed by atoms with Gasteiger partial charge in [0, 0.05) is 36.6 Å². The predicted octanol–water partition coefficient (Wildman–Crippen LogP) is 2.03. The number of aromatic nitrogens is 1. The fourth-order valence-corrected chi connectivity index (χ4v) is 2.08. The first kappa shape index (κ1) is 15.6. The fraction of sp³-hybridized carbons (Fsp3) is 0.615. The molecule has 0 fully saturated rings. The normalized spacial score (nSPS) is 12.6. The van der Waals surface area contributed by atoms with Crippen LogP contribution in [-0.4, -0.2) is 45.0 Å². The molecule has 0 aliphatic carbocycles. The molecule has 0 bridgehead atoms. The minimum absolute atomic E-state index is 0.406. The van der Waals surface area contributed by atoms with Gasteiger partial charge in [0.05, 0.1) is 13.2 Å². The van der Waals surface area contributed by atoms with Crippen molar-refractivity contribution in [1.29, 1.82) is 0 Å². The highest BCUT2D eigenvalue weighted by molar-refractivity contribution is 9.10. The van der Waals surface area contributed by atoms with Gasteiger partial charge in [0.15, 0.2) is 0 Å². The zero-order valence-electron chi connectivity index (χ0n) is 11.0. The molecular weight excluding hydrogens is 296 g/mol. The first-order chi connectivity index (χ1) is 8.76. The molecule has 1 unspecified atom stereocenters. The summed E-state index contributed by atoms with van der Waals surface area (Å²) in [4.78, 5) is 4.17. The summed E-state index contributed by atoms with van der Waals surface area (Å²) in [6, 6.07) is 2.51. The van der Waals surface area contributed by atoms with E-state index in [1.165, 1.54) is 5.56 Å². The molecule has 0 spiro atoms. The van der Waals surface area contributed by atoms with Gasteiger partial charge in [0.1, 0.15) is 0 Å². The summed E-state index contributed by atoms with van der Waals surface area (Å²) >= 11 is 3.43. The zero-order chi connectivity index (χ0) is 13.2. The average molecular weight is 317 g/mol. The number of rotatable bonds is 9. The number of hydrogen-bond donors (Lipinski definition) is 1. The standard InChI is InChI=1S/C13H21BrN2O2/c1-15-13(3-4-18-6-5-17-2)8-11-7-12(14)10-16-9-11/h7,9-10,13,15H,3-6,8H2,1-2H3. The van der Waals surface area contributed by atoms with E-state index in [1.807, 2.05) is 13.2 Å². The monoisotopic (exact) mass is 316 g/mol. The molecule has 1 heterocycles. The van der Waals surface area contributed by atoms with Crippen LogP contribution < -0.4 is 5.32 Å². The molecule has 0 amide bonds. The summed E-state index contributed by atoms with van der Waals surface area (Å²) < 4.78 is 11.4. The van der Waals surface area contributed by atoms with Gasteiger partial charge < -0.3 is 14.8 Å². The average Bonchev–Trinajstić information content (AvgIpc) is 2.37. The third-order valence-electron chi connectivity index (χ3n) is 2.69. The van der Waals surface area contributed by atoms with Crippen molar-refractivity contribution in [1.82, 2.24) is 10.3 Å². The fourth-order valence-electron chi connectivity index (χ4n) is 1.67. The van der Waals surface area contributed by atoms with E-state index >= 15 is 0 Å². The Morgan fingerprint density at radius 2 is 2.17 bits per heavy atom. The molecule has 0 aliphatic heterocycles. The van der Waals surface area contributed by atoms with Crippen molar-refractivity contribution in [3.8, 4) is 0 Å². The van der Waals surface area contributed by atoms with Crippen LogP contribution in [0, 0.1) is 0 Å². The van der Waals surface area contributed by atoms with Gasteiger partial charge in [0.25, 0.3) is 0 Å². The lowest BCUT2D eigenvalue weighted by molar-refractivity contribution is 0.0661. The predicted molar refractivity (Wildman–Crippen MR) is 75.8 cm³/mol. The van der Waals surface area contributed by atoms with Gasteiger partial charge in [-0.3, -0.25) is 4.98 Å². The van der Waals surface area contributed by atoms with Crippen LogP contribution in [0.5, 0.6) is 0 Å². The summed E-state index contributed by atoms with van der Waals surface area (Å²) in [6.45, 7) is 2.06. The van der Waals surface area contributed by atoms with E-state index in [-0.39, 0.29) is 0 Å². The lowest BCUT2D eigenvalue weighted by Crippen LogP contribution is -2.29. The number of methoxy groups -OCH3 is 1. The van der Waals surface area contributed by atoms with Crippen molar-refractivity contribution >= 4 is 15.9 Å². The summed E-state index contributed by atoms with van der Waals surface area (Å²) in [6.07, 6.45) is 5.63. The van der Waals surface area contributed by atoms with Gasteiger partial charge in [-0.25, -0.2) is 0 Å². The molecule has 0 aromatic carbocycles. The lowest BCUT2D eigenvalue weighted by Gasteiger charge is -2.16. The second kappa shape index (κ2) is 9.44. The van der Waals surface area contributed by atoms with Gasteiger partial charge in [0.2, 0.25) is 0 Å². The quantitative estimate of drug-likeness (QED) is 0.708. The van der Waals surface area contributed by atoms with Gasteiger partial charge in [-0.15, -0.1) is 0 Å². The number of ether oxygens (including phenoxy) is 2. The molecule has 0 aliphatic rings. The molecule has 4 nitrogen and oxygen atoms in total. The maximum atomic E-state index is 5.48. The number of likely N-dealkylation sites (N-methyl/N-ethyl adjacent to an activating group) is 1. The molecule has 1 N–H and O–H groups in total. The third-order valence-corrected chi connectivity index (χ3v) is 3.13. The van der Waals surface area contributed by atoms with Crippen molar-refractivity contribution in [2.24, 2.45) is 0 Å². The van der Waals surface area contributed by atoms with E-state index in [4.69, 9.17) is 9.47 Å². The molecule has 0 radical (unpaired) electrons. The zero-order valence-corrected chi connectivity index (χ0v) is 12.6. The van der Waals surface area contributed by atoms with Gasteiger partial charge in [-0.05, 0) is 47.4 Å². The van der Waals surface area contributed by atoms with E-state index in [0.717, 1.165) is 23.9 Å². The summed E-state index contributed by atoms with van der Waals surface area (Å²) in [7, 11) is 3.66. The molecule has 0 saturated carbocycles. The second-order valence-electron chi connectivity index (χ2n) is 4.09. The van der Waals surface area contributed by atoms with Crippen molar-refractivity contribution in [3.05, 3.63) is 28.5 Å². The largest absolute Gasteiger partial charge is 0.382 e. The van der Waals surface area contributed by atoms with Crippen LogP contribution in [-0.2, 0) is 15.9 Å². The highest BCUT2D eigenvalue weighted by Gasteiger charge is 2.07. The van der Waals surface area contributed by atoms with Crippen LogP contribution >= 0.6 is 15.9 Å². The van der Waals surface area contributed by atoms with Crippen LogP contribution in [0.2, 0.25) is 0 Å². The minimum Gasteiger partial charge on any atom is -0.382 e. The van der Waals surface area contributed by atoms with E-state index in [0.29, 0.717) is 19.3 Å². The number of nitrogens with zero attached hydrogens (tertiary/aromatic N) is 1. The van der Waals surface area contributed by atoms with Gasteiger partial charge >= 0.3 is 0 Å². The Kier molecular flexibility index (Phi) is 8.17. The van der Waals surface area contributed by atoms with E-state index in [9.17, 15) is 0 Å². The molecule has 18 heavy (non-hydrogen) atoms. The molecule has 0 saturated heterocycles. The number of hydrogen-bond acceptors (Lipinski definition) is 4. The second-order valence-corrected chi connectivity index (χ2v) is 5.01. The molecule has 1 aromatic rings. The Hall–Kier alpha value is -0.490. The van der Waals surface area contributed by atoms with Crippen molar-refractivity contribution in [2.75, 3.05) is 34.0 Å². The van der Waals surface area contributed by atoms with Crippen molar-refractivity contribution in [2.45, 2.75) is 18.9 Å². The molecule has 1 aromatic heterocycles. The highest BCUT2D eigenvalue weighted by atomic mass is 79.9. The Morgan fingerprint density at radius 3 is 2.83 bits per heavy atom. The van der Waals surface area contributed by atoms with Crippen LogP contribution in [0.15, 0.2) is 22.9 Å². The number of pyridine rings is 1. The van der Waals surface area contributed by atoms with Crippen LogP contribution in [0.1, 0.15) is 12.0 Å². The SMILES string of the molecule is CNC(CCOCCOC)Cc1cncc(Br)c1. The van der Waals surface area contributed by atoms with Crippen LogP contribution in [0.25, 0.3) is 0 Å². The Balaban J connectivity index is 2.28. The maximum Gasteiger partial charge on any atom is 0.0700 e. The Morgan fingerprint density at radius 1 is 1.33 bits per heavy atom. The van der Waals surface area contributed by atoms with Gasteiger partial charge in [-0.1, -0.05) is 0 Å². The molecule has 1 rings (SSSR count). The highest BCUT2D eigenvalue weighted by Crippen LogP contribution is 2.12. The van der Waals surface area contributed by atoms with Crippen molar-refractivity contribution in [3.63, 3.8) is 0 Å². The smallest absolute Gasteiger partial charge is 0.0700 e. The van der Waals surface area contributed by atoms with E-state index in [1.54, 1.807) is 13.3 Å². The van der Waals surface area contributed by atoms with Gasteiger partial charge in [-0.2, -0.15) is 0 Å². The third kappa shape index (κ3) is 6.44. The molecule has 5 heteroatoms. The number of nitrogens with one attached hydrogen (secondary N) is 1. The van der Waals surface area contributed by atoms with Crippen LogP contribution in [0.4, 0.5) is 0 Å². The van der Waals surface area contributed by atoms with E-state index in [2.05, 4.69) is 32.3 Å². The molecule has 1 atom stereocenters. The lowest BCUT2D eigenvalue weighted by atomic mass is 10.1. The first-order valence-corrected chi connectivity index (χ1v) is 6.89. The maximum absolute atomic E-state index is 5.48. The summed E-state index contributed by atoms with van der Waals surface area (Å²) in [5.74, 6) is 0. The van der Waals surface area contributed by atoms with Crippen molar-refractivity contribution < 1.29 is 9.47 Å². The topological polar surface area (TPSA) is 43.4 Å². The van der Waals surface area contributed by atoms with Crippen LogP contribution in [0.3, 0.4) is 0 Å². The first-order valence-electron chi connectivity index (χ1n) is 6.09. The molecular formula is C13H21BrN2O2.